The number of pyridine rings is 1. The van der Waals surface area contributed by atoms with Crippen molar-refractivity contribution in [3.8, 4) is 0 Å². The first kappa shape index (κ1) is 21.8. The molecule has 2 fully saturated rings. The van der Waals surface area contributed by atoms with E-state index in [0.717, 1.165) is 45.4 Å². The maximum atomic E-state index is 13.3. The number of amides is 1. The van der Waals surface area contributed by atoms with E-state index in [9.17, 15) is 23.1 Å². The Balaban J connectivity index is 1.46. The molecule has 0 saturated heterocycles. The number of carbonyl (C=O) groups excluding carboxylic acids is 1. The fraction of sp³-hybridized carbons (Fsp3) is 0.500. The highest BCUT2D eigenvalue weighted by Gasteiger charge is 2.51. The Kier molecular flexibility index (Phi) is 5.81. The maximum absolute atomic E-state index is 13.3. The van der Waals surface area contributed by atoms with Crippen LogP contribution in [0.15, 0.2) is 48.8 Å². The van der Waals surface area contributed by atoms with Crippen LogP contribution in [0, 0.1) is 0 Å². The summed E-state index contributed by atoms with van der Waals surface area (Å²) in [6, 6.07) is 9.66. The molecule has 2 saturated carbocycles. The van der Waals surface area contributed by atoms with E-state index in [2.05, 4.69) is 4.98 Å². The lowest BCUT2D eigenvalue weighted by Crippen LogP contribution is -2.43. The molecule has 4 rings (SSSR count). The average Bonchev–Trinajstić information content (AvgIpc) is 3.59. The first-order valence-corrected chi connectivity index (χ1v) is 10.8. The summed E-state index contributed by atoms with van der Waals surface area (Å²) in [5.74, 6) is 0.340. The Morgan fingerprint density at radius 2 is 1.45 bits per heavy atom. The number of aromatic nitrogens is 1. The van der Waals surface area contributed by atoms with Gasteiger partial charge in [-0.2, -0.15) is 13.2 Å². The van der Waals surface area contributed by atoms with E-state index in [-0.39, 0.29) is 23.6 Å². The number of carbonyl (C=O) groups is 1. The number of benzene rings is 1. The number of hydrogen-bond donors (Lipinski definition) is 1. The van der Waals surface area contributed by atoms with E-state index < -0.39 is 11.8 Å². The highest BCUT2D eigenvalue weighted by Crippen LogP contribution is 2.40. The molecule has 4 nitrogen and oxygen atoms in total. The Morgan fingerprint density at radius 1 is 0.935 bits per heavy atom. The smallest absolute Gasteiger partial charge is 0.376 e. The summed E-state index contributed by atoms with van der Waals surface area (Å²) in [6.45, 7) is 0.724. The van der Waals surface area contributed by atoms with Gasteiger partial charge in [0.05, 0.1) is 0 Å². The van der Waals surface area contributed by atoms with Gasteiger partial charge in [-0.25, -0.2) is 0 Å². The summed E-state index contributed by atoms with van der Waals surface area (Å²) >= 11 is 0. The quantitative estimate of drug-likeness (QED) is 0.708. The van der Waals surface area contributed by atoms with Gasteiger partial charge in [-0.3, -0.25) is 9.78 Å². The molecule has 0 aliphatic heterocycles. The number of nitrogens with zero attached hydrogens (tertiary/aromatic N) is 2. The van der Waals surface area contributed by atoms with Crippen molar-refractivity contribution < 1.29 is 23.1 Å². The molecule has 0 spiro atoms. The highest BCUT2D eigenvalue weighted by atomic mass is 19.4. The van der Waals surface area contributed by atoms with Gasteiger partial charge < -0.3 is 10.0 Å². The van der Waals surface area contributed by atoms with Gasteiger partial charge in [0.1, 0.15) is 0 Å². The van der Waals surface area contributed by atoms with Gasteiger partial charge in [-0.1, -0.05) is 12.1 Å². The average molecular weight is 432 g/mol. The summed E-state index contributed by atoms with van der Waals surface area (Å²) in [5.41, 5.74) is -1.57. The summed E-state index contributed by atoms with van der Waals surface area (Å²) < 4.78 is 39.3. The van der Waals surface area contributed by atoms with Crippen molar-refractivity contribution in [2.75, 3.05) is 0 Å². The summed E-state index contributed by atoms with van der Waals surface area (Å²) in [5, 5.41) is 9.86. The number of halogens is 3. The summed E-state index contributed by atoms with van der Waals surface area (Å²) in [7, 11) is 0. The number of rotatable bonds is 5. The summed E-state index contributed by atoms with van der Waals surface area (Å²) in [4.78, 5) is 19.3. The maximum Gasteiger partial charge on any atom is 0.421 e. The van der Waals surface area contributed by atoms with Crippen LogP contribution in [-0.2, 0) is 5.60 Å². The number of hydrogen-bond acceptors (Lipinski definition) is 3. The lowest BCUT2D eigenvalue weighted by molar-refractivity contribution is -0.258. The van der Waals surface area contributed by atoms with Crippen molar-refractivity contribution in [1.82, 2.24) is 9.88 Å². The first-order valence-electron chi connectivity index (χ1n) is 10.8. The molecule has 2 aliphatic carbocycles. The van der Waals surface area contributed by atoms with Gasteiger partial charge in [0.2, 0.25) is 0 Å². The van der Waals surface area contributed by atoms with Crippen LogP contribution in [0.25, 0.3) is 0 Å². The molecule has 1 aromatic heterocycles. The number of aliphatic hydroxyl groups is 1. The van der Waals surface area contributed by atoms with Crippen LogP contribution in [0.5, 0.6) is 0 Å². The fourth-order valence-electron chi connectivity index (χ4n) is 4.56. The zero-order valence-corrected chi connectivity index (χ0v) is 17.5. The van der Waals surface area contributed by atoms with Gasteiger partial charge in [0.15, 0.2) is 5.60 Å². The third-order valence-electron chi connectivity index (χ3n) is 6.69. The first-order chi connectivity index (χ1) is 14.7. The van der Waals surface area contributed by atoms with Crippen LogP contribution in [0.3, 0.4) is 0 Å². The minimum absolute atomic E-state index is 0.131. The van der Waals surface area contributed by atoms with E-state index in [1.807, 2.05) is 17.0 Å². The normalized spacial score (nSPS) is 23.8. The molecule has 166 valence electrons. The minimum Gasteiger partial charge on any atom is -0.376 e. The van der Waals surface area contributed by atoms with E-state index in [0.29, 0.717) is 11.5 Å². The van der Waals surface area contributed by atoms with Crippen LogP contribution in [-0.4, -0.2) is 39.2 Å². The third kappa shape index (κ3) is 4.47. The molecule has 1 atom stereocenters. The molecule has 1 aromatic carbocycles. The van der Waals surface area contributed by atoms with Crippen molar-refractivity contribution in [2.24, 2.45) is 0 Å². The molecule has 1 N–H and O–H groups in total. The minimum atomic E-state index is -4.79. The second kappa shape index (κ2) is 8.26. The zero-order chi connectivity index (χ0) is 22.2. The molecule has 31 heavy (non-hydrogen) atoms. The van der Waals surface area contributed by atoms with Crippen LogP contribution >= 0.6 is 0 Å². The van der Waals surface area contributed by atoms with E-state index in [1.165, 1.54) is 29.8 Å². The zero-order valence-electron chi connectivity index (χ0n) is 17.5. The van der Waals surface area contributed by atoms with Crippen LogP contribution in [0.1, 0.15) is 72.9 Å². The Bertz CT molecular complexity index is 901. The lowest BCUT2D eigenvalue weighted by Gasteiger charge is -2.37. The van der Waals surface area contributed by atoms with Gasteiger partial charge in [0.25, 0.3) is 5.91 Å². The van der Waals surface area contributed by atoms with Crippen molar-refractivity contribution >= 4 is 5.91 Å². The van der Waals surface area contributed by atoms with Crippen LogP contribution in [0.2, 0.25) is 0 Å². The predicted molar refractivity (Wildman–Crippen MR) is 110 cm³/mol. The summed E-state index contributed by atoms with van der Waals surface area (Å²) in [6.07, 6.45) is 4.59. The second-order valence-electron chi connectivity index (χ2n) is 8.88. The molecular weight excluding hydrogens is 405 g/mol. The molecular formula is C24H27F3N2O2. The van der Waals surface area contributed by atoms with Crippen LogP contribution in [0.4, 0.5) is 13.2 Å². The molecule has 7 heteroatoms. The predicted octanol–water partition coefficient (Wildman–Crippen LogP) is 5.18. The Labute approximate surface area is 180 Å². The third-order valence-corrected chi connectivity index (χ3v) is 6.69. The van der Waals surface area contributed by atoms with Crippen molar-refractivity contribution in [3.63, 3.8) is 0 Å². The Hall–Kier alpha value is -2.41. The van der Waals surface area contributed by atoms with Crippen molar-refractivity contribution in [2.45, 2.75) is 75.2 Å². The Morgan fingerprint density at radius 3 is 1.94 bits per heavy atom. The van der Waals surface area contributed by atoms with E-state index in [4.69, 9.17) is 0 Å². The molecule has 1 amide bonds. The topological polar surface area (TPSA) is 53.4 Å². The van der Waals surface area contributed by atoms with E-state index >= 15 is 0 Å². The van der Waals surface area contributed by atoms with Gasteiger partial charge in [0, 0.05) is 30.0 Å². The highest BCUT2D eigenvalue weighted by molar-refractivity contribution is 5.95. The lowest BCUT2D eigenvalue weighted by atomic mass is 9.81. The fourth-order valence-corrected chi connectivity index (χ4v) is 4.56. The number of alkyl halides is 3. The molecule has 1 heterocycles. The van der Waals surface area contributed by atoms with Crippen molar-refractivity contribution in [1.29, 1.82) is 0 Å². The van der Waals surface area contributed by atoms with Gasteiger partial charge in [-0.05, 0) is 86.8 Å². The SMILES string of the molecule is C[C@](O)(c1ccc(C(=O)N(C2CCC(c3ccncc3)CC2)C2CC2)cc1)C(F)(F)F. The largest absolute Gasteiger partial charge is 0.421 e. The monoisotopic (exact) mass is 432 g/mol. The standard InChI is InChI=1S/C24H27F3N2O2/c1-23(31,24(25,26)27)19-6-2-18(3-7-19)22(30)29(21-10-11-21)20-8-4-16(5-9-20)17-12-14-28-15-13-17/h2-3,6-7,12-16,20-21,31H,4-5,8-11H2,1H3/t16?,20?,23-/m0/s1. The second-order valence-corrected chi connectivity index (χ2v) is 8.88. The molecule has 0 unspecified atom stereocenters. The van der Waals surface area contributed by atoms with E-state index in [1.54, 1.807) is 12.4 Å². The van der Waals surface area contributed by atoms with Gasteiger partial charge in [-0.15, -0.1) is 0 Å². The van der Waals surface area contributed by atoms with Crippen LogP contribution < -0.4 is 0 Å². The molecule has 0 radical (unpaired) electrons. The van der Waals surface area contributed by atoms with Crippen molar-refractivity contribution in [3.05, 3.63) is 65.5 Å². The molecule has 2 aromatic rings. The molecule has 0 bridgehead atoms. The van der Waals surface area contributed by atoms with Gasteiger partial charge >= 0.3 is 6.18 Å². The molecule has 2 aliphatic rings.